The van der Waals surface area contributed by atoms with E-state index in [0.717, 1.165) is 0 Å². The van der Waals surface area contributed by atoms with Crippen LogP contribution in [0, 0.1) is 0 Å². The van der Waals surface area contributed by atoms with E-state index in [-0.39, 0.29) is 18.0 Å². The van der Waals surface area contributed by atoms with E-state index in [1.165, 1.54) is 12.3 Å². The Bertz CT molecular complexity index is 641. The number of aliphatic hydroxyl groups is 1. The second kappa shape index (κ2) is 5.95. The number of rotatable bonds is 4. The Morgan fingerprint density at radius 1 is 1.35 bits per heavy atom. The third kappa shape index (κ3) is 3.39. The lowest BCUT2D eigenvalue weighted by Crippen LogP contribution is -2.41. The number of nitrogens with zero attached hydrogens (tertiary/aromatic N) is 1. The van der Waals surface area contributed by atoms with Crippen molar-refractivity contribution < 1.29 is 24.3 Å². The summed E-state index contributed by atoms with van der Waals surface area (Å²) in [4.78, 5) is 14.7. The Labute approximate surface area is 135 Å². The van der Waals surface area contributed by atoms with Gasteiger partial charge in [-0.2, -0.15) is 0 Å². The maximum atomic E-state index is 10.9. The monoisotopic (exact) mass is 320 g/mol. The van der Waals surface area contributed by atoms with Gasteiger partial charge in [-0.3, -0.25) is 0 Å². The van der Waals surface area contributed by atoms with Crippen LogP contribution in [-0.4, -0.2) is 46.1 Å². The van der Waals surface area contributed by atoms with Gasteiger partial charge in [-0.15, -0.1) is 0 Å². The summed E-state index contributed by atoms with van der Waals surface area (Å²) in [6.45, 7) is 7.41. The van der Waals surface area contributed by atoms with Gasteiger partial charge in [-0.05, 0) is 44.8 Å². The van der Waals surface area contributed by atoms with E-state index in [9.17, 15) is 9.90 Å². The lowest BCUT2D eigenvalue weighted by molar-refractivity contribution is 0.00578. The van der Waals surface area contributed by atoms with Gasteiger partial charge >= 0.3 is 13.1 Å². The van der Waals surface area contributed by atoms with E-state index in [1.807, 2.05) is 27.7 Å². The fourth-order valence-electron chi connectivity index (χ4n) is 2.15. The van der Waals surface area contributed by atoms with Crippen molar-refractivity contribution >= 4 is 24.9 Å². The minimum Gasteiger partial charge on any atom is -0.476 e. The van der Waals surface area contributed by atoms with Crippen LogP contribution in [0.1, 0.15) is 43.7 Å². The average molecular weight is 320 g/mol. The molecule has 0 spiro atoms. The van der Waals surface area contributed by atoms with Gasteiger partial charge in [0, 0.05) is 6.20 Å². The molecular formula is C15H21BN2O5. The smallest absolute Gasteiger partial charge is 0.476 e. The molecule has 124 valence electrons. The number of nitrogens with two attached hydrogens (primary N) is 1. The predicted octanol–water partition coefficient (Wildman–Crippen LogP) is 1.37. The van der Waals surface area contributed by atoms with Crippen LogP contribution in [0.15, 0.2) is 17.7 Å². The highest BCUT2D eigenvalue weighted by Crippen LogP contribution is 2.38. The number of carbonyl (C=O) groups is 1. The molecule has 0 saturated carbocycles. The van der Waals surface area contributed by atoms with Crippen molar-refractivity contribution in [3.8, 4) is 0 Å². The maximum absolute atomic E-state index is 10.9. The number of nitrogen functional groups attached to an aromatic ring is 1. The zero-order valence-corrected chi connectivity index (χ0v) is 13.7. The van der Waals surface area contributed by atoms with E-state index in [0.29, 0.717) is 11.0 Å². The molecule has 0 atom stereocenters. The van der Waals surface area contributed by atoms with Crippen LogP contribution >= 0.6 is 0 Å². The first-order valence-corrected chi connectivity index (χ1v) is 7.23. The first-order chi connectivity index (χ1) is 10.6. The fraction of sp³-hybridized carbons (Fsp3) is 0.467. The third-order valence-corrected chi connectivity index (χ3v) is 4.23. The lowest BCUT2D eigenvalue weighted by atomic mass is 9.77. The molecule has 1 aromatic rings. The fourth-order valence-corrected chi connectivity index (χ4v) is 2.15. The summed E-state index contributed by atoms with van der Waals surface area (Å²) in [7, 11) is -0.689. The van der Waals surface area contributed by atoms with Gasteiger partial charge in [-0.25, -0.2) is 9.78 Å². The number of anilines is 1. The number of aromatic nitrogens is 1. The van der Waals surface area contributed by atoms with Gasteiger partial charge in [0.1, 0.15) is 0 Å². The molecule has 2 heterocycles. The standard InChI is InChI=1S/C15H21BN2O5/c1-14(2)15(3,4)23-16(22-14)10(8-19)5-9-6-11(17)12(13(20)21)18-7-9/h5-7,19H,8,17H2,1-4H3,(H,20,21). The van der Waals surface area contributed by atoms with Gasteiger partial charge in [0.2, 0.25) is 0 Å². The summed E-state index contributed by atoms with van der Waals surface area (Å²) in [5, 5.41) is 18.6. The van der Waals surface area contributed by atoms with E-state index in [4.69, 9.17) is 20.1 Å². The van der Waals surface area contributed by atoms with Crippen molar-refractivity contribution in [3.63, 3.8) is 0 Å². The molecule has 1 saturated heterocycles. The summed E-state index contributed by atoms with van der Waals surface area (Å²) >= 11 is 0. The van der Waals surface area contributed by atoms with Crippen LogP contribution in [-0.2, 0) is 9.31 Å². The maximum Gasteiger partial charge on any atom is 0.492 e. The molecule has 1 aliphatic heterocycles. The molecule has 0 amide bonds. The van der Waals surface area contributed by atoms with Crippen molar-refractivity contribution in [1.29, 1.82) is 0 Å². The summed E-state index contributed by atoms with van der Waals surface area (Å²) in [6, 6.07) is 1.48. The number of pyridine rings is 1. The van der Waals surface area contributed by atoms with Crippen molar-refractivity contribution in [3.05, 3.63) is 29.0 Å². The molecule has 0 unspecified atom stereocenters. The van der Waals surface area contributed by atoms with Crippen molar-refractivity contribution in [2.75, 3.05) is 12.3 Å². The zero-order chi connectivity index (χ0) is 17.4. The average Bonchev–Trinajstić information content (AvgIpc) is 2.64. The summed E-state index contributed by atoms with van der Waals surface area (Å²) < 4.78 is 11.8. The topological polar surface area (TPSA) is 115 Å². The van der Waals surface area contributed by atoms with Crippen LogP contribution in [0.25, 0.3) is 6.08 Å². The molecule has 1 aromatic heterocycles. The first-order valence-electron chi connectivity index (χ1n) is 7.23. The number of carboxylic acids is 1. The van der Waals surface area contributed by atoms with Crippen LogP contribution in [0.3, 0.4) is 0 Å². The SMILES string of the molecule is CC1(C)OB(C(=Cc2cnc(C(=O)O)c(N)c2)CO)OC1(C)C. The zero-order valence-electron chi connectivity index (χ0n) is 13.7. The van der Waals surface area contributed by atoms with Gasteiger partial charge in [0.25, 0.3) is 0 Å². The largest absolute Gasteiger partial charge is 0.492 e. The molecule has 4 N–H and O–H groups in total. The highest BCUT2D eigenvalue weighted by atomic mass is 16.7. The lowest BCUT2D eigenvalue weighted by Gasteiger charge is -2.32. The van der Waals surface area contributed by atoms with Crippen molar-refractivity contribution in [2.45, 2.75) is 38.9 Å². The van der Waals surface area contributed by atoms with Gasteiger partial charge in [0.15, 0.2) is 5.69 Å². The number of hydrogen-bond donors (Lipinski definition) is 3. The molecule has 1 aliphatic rings. The van der Waals surface area contributed by atoms with E-state index >= 15 is 0 Å². The van der Waals surface area contributed by atoms with E-state index < -0.39 is 24.3 Å². The molecule has 0 bridgehead atoms. The Hall–Kier alpha value is -1.90. The molecule has 1 fully saturated rings. The minimum absolute atomic E-state index is 0.0532. The molecule has 0 aromatic carbocycles. The van der Waals surface area contributed by atoms with Gasteiger partial charge < -0.3 is 25.3 Å². The Balaban J connectivity index is 2.30. The molecule has 7 nitrogen and oxygen atoms in total. The predicted molar refractivity (Wildman–Crippen MR) is 86.8 cm³/mol. The number of hydrogen-bond acceptors (Lipinski definition) is 6. The second-order valence-corrected chi connectivity index (χ2v) is 6.48. The van der Waals surface area contributed by atoms with Crippen molar-refractivity contribution in [1.82, 2.24) is 4.98 Å². The summed E-state index contributed by atoms with van der Waals surface area (Å²) in [6.07, 6.45) is 3.01. The van der Waals surface area contributed by atoms with Crippen molar-refractivity contribution in [2.24, 2.45) is 0 Å². The Morgan fingerprint density at radius 2 is 1.91 bits per heavy atom. The summed E-state index contributed by atoms with van der Waals surface area (Å²) in [5.41, 5.74) is 5.56. The molecule has 8 heteroatoms. The Morgan fingerprint density at radius 3 is 2.35 bits per heavy atom. The van der Waals surface area contributed by atoms with E-state index in [1.54, 1.807) is 6.08 Å². The highest BCUT2D eigenvalue weighted by molar-refractivity contribution is 6.55. The minimum atomic E-state index is -1.19. The third-order valence-electron chi connectivity index (χ3n) is 4.23. The van der Waals surface area contributed by atoms with Crippen LogP contribution < -0.4 is 5.73 Å². The highest BCUT2D eigenvalue weighted by Gasteiger charge is 2.52. The van der Waals surface area contributed by atoms with Gasteiger partial charge in [-0.1, -0.05) is 6.08 Å². The molecular weight excluding hydrogens is 299 g/mol. The molecule has 0 aliphatic carbocycles. The van der Waals surface area contributed by atoms with E-state index in [2.05, 4.69) is 4.98 Å². The van der Waals surface area contributed by atoms with Crippen LogP contribution in [0.5, 0.6) is 0 Å². The Kier molecular flexibility index (Phi) is 4.52. The number of aromatic carboxylic acids is 1. The molecule has 2 rings (SSSR count). The van der Waals surface area contributed by atoms with Crippen LogP contribution in [0.4, 0.5) is 5.69 Å². The quantitative estimate of drug-likeness (QED) is 0.718. The van der Waals surface area contributed by atoms with Gasteiger partial charge in [0.05, 0.1) is 23.5 Å². The second-order valence-electron chi connectivity index (χ2n) is 6.48. The van der Waals surface area contributed by atoms with Crippen LogP contribution in [0.2, 0.25) is 0 Å². The normalized spacial score (nSPS) is 19.9. The molecule has 23 heavy (non-hydrogen) atoms. The summed E-state index contributed by atoms with van der Waals surface area (Å²) in [5.74, 6) is -1.19. The number of carboxylic acid groups (broad SMARTS) is 1. The molecule has 0 radical (unpaired) electrons. The first kappa shape index (κ1) is 17.5. The number of aliphatic hydroxyl groups excluding tert-OH is 1.